The molecule has 118 valence electrons. The number of piperidine rings is 1. The van der Waals surface area contributed by atoms with Crippen LogP contribution in [-0.4, -0.2) is 37.8 Å². The van der Waals surface area contributed by atoms with Crippen LogP contribution in [0, 0.1) is 5.92 Å². The maximum atomic E-state index is 5.59. The minimum atomic E-state index is 0.312. The molecule has 0 saturated carbocycles. The van der Waals surface area contributed by atoms with Gasteiger partial charge in [0.05, 0.1) is 23.7 Å². The highest BCUT2D eigenvalue weighted by atomic mass is 16.5. The van der Waals surface area contributed by atoms with Gasteiger partial charge in [0.15, 0.2) is 0 Å². The van der Waals surface area contributed by atoms with E-state index in [1.165, 1.54) is 12.1 Å². The van der Waals surface area contributed by atoms with E-state index in [0.717, 1.165) is 31.7 Å². The van der Waals surface area contributed by atoms with Crippen molar-refractivity contribution in [1.82, 2.24) is 10.3 Å². The molecule has 2 heterocycles. The number of methoxy groups -OCH3 is 1. The van der Waals surface area contributed by atoms with Gasteiger partial charge in [-0.3, -0.25) is 4.98 Å². The molecule has 1 fully saturated rings. The van der Waals surface area contributed by atoms with E-state index in [-0.39, 0.29) is 0 Å². The Kier molecular flexibility index (Phi) is 6.00. The highest BCUT2D eigenvalue weighted by Gasteiger charge is 2.26. The molecule has 0 aliphatic carbocycles. The SMILES string of the molecule is CCCNC(C)c1ccc(N2CCC(C)C(OC)C2)cn1. The minimum absolute atomic E-state index is 0.312. The van der Waals surface area contributed by atoms with Gasteiger partial charge in [0.2, 0.25) is 0 Å². The van der Waals surface area contributed by atoms with Crippen molar-refractivity contribution in [1.29, 1.82) is 0 Å². The average Bonchev–Trinajstić information content (AvgIpc) is 2.53. The van der Waals surface area contributed by atoms with Gasteiger partial charge in [-0.05, 0) is 44.4 Å². The molecule has 1 N–H and O–H groups in total. The van der Waals surface area contributed by atoms with E-state index in [1.54, 1.807) is 0 Å². The minimum Gasteiger partial charge on any atom is -0.379 e. The van der Waals surface area contributed by atoms with Gasteiger partial charge in [-0.2, -0.15) is 0 Å². The van der Waals surface area contributed by atoms with Gasteiger partial charge in [0.1, 0.15) is 0 Å². The number of nitrogens with zero attached hydrogens (tertiary/aromatic N) is 2. The smallest absolute Gasteiger partial charge is 0.0772 e. The van der Waals surface area contributed by atoms with Gasteiger partial charge in [-0.15, -0.1) is 0 Å². The first-order chi connectivity index (χ1) is 10.2. The van der Waals surface area contributed by atoms with Gasteiger partial charge in [-0.25, -0.2) is 0 Å². The molecule has 1 saturated heterocycles. The number of pyridine rings is 1. The van der Waals surface area contributed by atoms with Gasteiger partial charge in [0.25, 0.3) is 0 Å². The first-order valence-corrected chi connectivity index (χ1v) is 8.12. The molecule has 1 aromatic heterocycles. The first kappa shape index (κ1) is 16.2. The normalized spacial score (nSPS) is 24.1. The van der Waals surface area contributed by atoms with E-state index < -0.39 is 0 Å². The van der Waals surface area contributed by atoms with Crippen LogP contribution in [0.25, 0.3) is 0 Å². The molecule has 0 aromatic carbocycles. The van der Waals surface area contributed by atoms with Gasteiger partial charge < -0.3 is 15.0 Å². The fraction of sp³-hybridized carbons (Fsp3) is 0.706. The number of hydrogen-bond acceptors (Lipinski definition) is 4. The van der Waals surface area contributed by atoms with E-state index in [9.17, 15) is 0 Å². The lowest BCUT2D eigenvalue weighted by Crippen LogP contribution is -2.44. The van der Waals surface area contributed by atoms with Crippen molar-refractivity contribution >= 4 is 5.69 Å². The molecule has 0 bridgehead atoms. The third-order valence-electron chi connectivity index (χ3n) is 4.47. The van der Waals surface area contributed by atoms with Crippen LogP contribution in [0.15, 0.2) is 18.3 Å². The Morgan fingerprint density at radius 3 is 2.90 bits per heavy atom. The number of ether oxygens (including phenoxy) is 1. The lowest BCUT2D eigenvalue weighted by Gasteiger charge is -2.37. The highest BCUT2D eigenvalue weighted by Crippen LogP contribution is 2.25. The Labute approximate surface area is 128 Å². The first-order valence-electron chi connectivity index (χ1n) is 8.12. The number of aromatic nitrogens is 1. The van der Waals surface area contributed by atoms with Crippen LogP contribution < -0.4 is 10.2 Å². The maximum Gasteiger partial charge on any atom is 0.0772 e. The lowest BCUT2D eigenvalue weighted by atomic mass is 9.95. The second-order valence-electron chi connectivity index (χ2n) is 6.10. The summed E-state index contributed by atoms with van der Waals surface area (Å²) in [6.07, 6.45) is 4.65. The van der Waals surface area contributed by atoms with Gasteiger partial charge in [0, 0.05) is 26.2 Å². The maximum absolute atomic E-state index is 5.59. The molecular formula is C17H29N3O. The van der Waals surface area contributed by atoms with Crippen LogP contribution in [-0.2, 0) is 4.74 Å². The van der Waals surface area contributed by atoms with Crippen molar-refractivity contribution < 1.29 is 4.74 Å². The Morgan fingerprint density at radius 1 is 1.48 bits per heavy atom. The van der Waals surface area contributed by atoms with Crippen LogP contribution in [0.1, 0.15) is 45.3 Å². The molecule has 21 heavy (non-hydrogen) atoms. The van der Waals surface area contributed by atoms with Crippen molar-refractivity contribution in [3.63, 3.8) is 0 Å². The molecule has 0 amide bonds. The molecule has 4 heteroatoms. The summed E-state index contributed by atoms with van der Waals surface area (Å²) in [5, 5.41) is 3.47. The van der Waals surface area contributed by atoms with E-state index in [2.05, 4.69) is 48.1 Å². The van der Waals surface area contributed by atoms with Crippen LogP contribution in [0.2, 0.25) is 0 Å². The topological polar surface area (TPSA) is 37.4 Å². The summed E-state index contributed by atoms with van der Waals surface area (Å²) in [6, 6.07) is 4.64. The largest absolute Gasteiger partial charge is 0.379 e. The van der Waals surface area contributed by atoms with Crippen molar-refractivity contribution in [2.75, 3.05) is 31.6 Å². The van der Waals surface area contributed by atoms with Crippen LogP contribution in [0.5, 0.6) is 0 Å². The molecule has 2 rings (SSSR count). The Morgan fingerprint density at radius 2 is 2.29 bits per heavy atom. The molecule has 1 aliphatic heterocycles. The summed E-state index contributed by atoms with van der Waals surface area (Å²) in [5.41, 5.74) is 2.32. The zero-order valence-electron chi connectivity index (χ0n) is 13.8. The number of rotatable bonds is 6. The molecule has 3 atom stereocenters. The summed E-state index contributed by atoms with van der Waals surface area (Å²) in [7, 11) is 1.81. The molecular weight excluding hydrogens is 262 g/mol. The zero-order chi connectivity index (χ0) is 15.2. The van der Waals surface area contributed by atoms with Crippen LogP contribution >= 0.6 is 0 Å². The molecule has 1 aliphatic rings. The van der Waals surface area contributed by atoms with Crippen LogP contribution in [0.4, 0.5) is 5.69 Å². The van der Waals surface area contributed by atoms with E-state index in [0.29, 0.717) is 18.1 Å². The van der Waals surface area contributed by atoms with Crippen LogP contribution in [0.3, 0.4) is 0 Å². The fourth-order valence-electron chi connectivity index (χ4n) is 2.88. The summed E-state index contributed by atoms with van der Waals surface area (Å²) in [5.74, 6) is 0.636. The standard InChI is InChI=1S/C17H29N3O/c1-5-9-18-14(3)16-7-6-15(11-19-16)20-10-8-13(2)17(12-20)21-4/h6-7,11,13-14,17-18H,5,8-10,12H2,1-4H3. The van der Waals surface area contributed by atoms with E-state index >= 15 is 0 Å². The van der Waals surface area contributed by atoms with Crippen molar-refractivity contribution in [3.05, 3.63) is 24.0 Å². The Balaban J connectivity index is 1.98. The zero-order valence-corrected chi connectivity index (χ0v) is 13.8. The Bertz CT molecular complexity index is 421. The quantitative estimate of drug-likeness (QED) is 0.874. The molecule has 3 unspecified atom stereocenters. The summed E-state index contributed by atoms with van der Waals surface area (Å²) in [4.78, 5) is 7.02. The van der Waals surface area contributed by atoms with E-state index in [4.69, 9.17) is 4.74 Å². The highest BCUT2D eigenvalue weighted by molar-refractivity contribution is 5.45. The Hall–Kier alpha value is -1.13. The van der Waals surface area contributed by atoms with Crippen molar-refractivity contribution in [2.45, 2.75) is 45.8 Å². The molecule has 1 aromatic rings. The number of hydrogen-bond donors (Lipinski definition) is 1. The summed E-state index contributed by atoms with van der Waals surface area (Å²) >= 11 is 0. The third-order valence-corrected chi connectivity index (χ3v) is 4.47. The fourth-order valence-corrected chi connectivity index (χ4v) is 2.88. The second-order valence-corrected chi connectivity index (χ2v) is 6.10. The molecule has 0 spiro atoms. The monoisotopic (exact) mass is 291 g/mol. The molecule has 0 radical (unpaired) electrons. The number of nitrogens with one attached hydrogen (secondary N) is 1. The predicted octanol–water partition coefficient (Wildman–Crippen LogP) is 3.00. The summed E-state index contributed by atoms with van der Waals surface area (Å²) < 4.78 is 5.59. The molecule has 4 nitrogen and oxygen atoms in total. The number of anilines is 1. The van der Waals surface area contributed by atoms with Crippen molar-refractivity contribution in [2.24, 2.45) is 5.92 Å². The average molecular weight is 291 g/mol. The van der Waals surface area contributed by atoms with E-state index in [1.807, 2.05) is 13.3 Å². The second kappa shape index (κ2) is 7.76. The third kappa shape index (κ3) is 4.17. The predicted molar refractivity (Wildman–Crippen MR) is 87.7 cm³/mol. The van der Waals surface area contributed by atoms with Gasteiger partial charge in [-0.1, -0.05) is 13.8 Å². The van der Waals surface area contributed by atoms with Crippen molar-refractivity contribution in [3.8, 4) is 0 Å². The van der Waals surface area contributed by atoms with Gasteiger partial charge >= 0.3 is 0 Å². The summed E-state index contributed by atoms with van der Waals surface area (Å²) in [6.45, 7) is 9.70. The lowest BCUT2D eigenvalue weighted by molar-refractivity contribution is 0.0498.